The van der Waals surface area contributed by atoms with Gasteiger partial charge in [0.2, 0.25) is 6.54 Å². The minimum Gasteiger partial charge on any atom is -0.468 e. The lowest BCUT2D eigenvalue weighted by molar-refractivity contribution is -0.481. The first-order chi connectivity index (χ1) is 10.0. The van der Waals surface area contributed by atoms with Crippen LogP contribution in [0.3, 0.4) is 0 Å². The van der Waals surface area contributed by atoms with Gasteiger partial charge in [0.05, 0.1) is 7.11 Å². The van der Waals surface area contributed by atoms with Crippen LogP contribution in [0.1, 0.15) is 32.3 Å². The van der Waals surface area contributed by atoms with E-state index in [4.69, 9.17) is 0 Å². The molecular formula is C15H22N2O4. The number of carbonyl (C=O) groups excluding carboxylic acids is 1. The molecule has 1 heterocycles. The highest BCUT2D eigenvalue weighted by Crippen LogP contribution is 2.12. The number of aromatic nitrogens is 1. The van der Waals surface area contributed by atoms with Crippen LogP contribution in [0.25, 0.3) is 12.2 Å². The summed E-state index contributed by atoms with van der Waals surface area (Å²) in [6, 6.07) is 0. The fraction of sp³-hybridized carbons (Fsp3) is 0.400. The number of methoxy groups -OCH3 is 1. The Kier molecular flexibility index (Phi) is 8.45. The lowest BCUT2D eigenvalue weighted by atomic mass is 10.0. The molecule has 0 saturated carbocycles. The summed E-state index contributed by atoms with van der Waals surface area (Å²) in [5.41, 5.74) is 0.555. The van der Waals surface area contributed by atoms with Crippen LogP contribution in [-0.2, 0) is 9.53 Å². The van der Waals surface area contributed by atoms with Gasteiger partial charge in [-0.1, -0.05) is 32.6 Å². The number of nitro groups is 1. The fourth-order valence-corrected chi connectivity index (χ4v) is 1.92. The van der Waals surface area contributed by atoms with Gasteiger partial charge in [-0.15, -0.1) is 0 Å². The van der Waals surface area contributed by atoms with E-state index < -0.39 is 23.4 Å². The summed E-state index contributed by atoms with van der Waals surface area (Å²) in [6.45, 7) is 8.89. The van der Waals surface area contributed by atoms with Crippen molar-refractivity contribution in [3.8, 4) is 0 Å². The molecule has 1 aromatic rings. The quantitative estimate of drug-likeness (QED) is 0.504. The van der Waals surface area contributed by atoms with Gasteiger partial charge in [-0.25, -0.2) is 0 Å². The van der Waals surface area contributed by atoms with E-state index in [1.165, 1.54) is 7.11 Å². The molecule has 0 saturated heterocycles. The largest absolute Gasteiger partial charge is 0.468 e. The second-order valence-corrected chi connectivity index (χ2v) is 3.85. The van der Waals surface area contributed by atoms with Gasteiger partial charge in [-0.3, -0.25) is 14.9 Å². The minimum atomic E-state index is -0.922. The summed E-state index contributed by atoms with van der Waals surface area (Å²) in [6.07, 6.45) is 6.72. The Labute approximate surface area is 124 Å². The highest BCUT2D eigenvalue weighted by Gasteiger charge is 2.28. The maximum atomic E-state index is 11.7. The van der Waals surface area contributed by atoms with E-state index in [9.17, 15) is 14.9 Å². The van der Waals surface area contributed by atoms with Gasteiger partial charge in [0.25, 0.3) is 0 Å². The second-order valence-electron chi connectivity index (χ2n) is 3.85. The molecule has 0 amide bonds. The van der Waals surface area contributed by atoms with Crippen molar-refractivity contribution >= 4 is 18.1 Å². The summed E-state index contributed by atoms with van der Waals surface area (Å²) < 4.78 is 4.63. The molecule has 0 aliphatic carbocycles. The molecule has 0 radical (unpaired) electrons. The Morgan fingerprint density at radius 2 is 2.19 bits per heavy atom. The summed E-state index contributed by atoms with van der Waals surface area (Å²) in [7, 11) is 1.22. The Bertz CT molecular complexity index is 602. The molecule has 0 aromatic carbocycles. The summed E-state index contributed by atoms with van der Waals surface area (Å²) in [5.74, 6) is -1.54. The molecule has 116 valence electrons. The van der Waals surface area contributed by atoms with Crippen LogP contribution in [-0.4, -0.2) is 29.5 Å². The number of nitrogens with zero attached hydrogens (tertiary/aromatic N) is 1. The monoisotopic (exact) mass is 294 g/mol. The summed E-state index contributed by atoms with van der Waals surface area (Å²) in [4.78, 5) is 24.8. The van der Waals surface area contributed by atoms with E-state index in [1.54, 1.807) is 31.3 Å². The molecule has 6 nitrogen and oxygen atoms in total. The van der Waals surface area contributed by atoms with Crippen LogP contribution >= 0.6 is 0 Å². The van der Waals surface area contributed by atoms with Crippen LogP contribution in [0.5, 0.6) is 0 Å². The normalized spacial score (nSPS) is 13.1. The Hall–Kier alpha value is -2.37. The highest BCUT2D eigenvalue weighted by atomic mass is 16.6. The molecule has 0 fully saturated rings. The smallest absolute Gasteiger partial charge is 0.319 e. The molecular weight excluding hydrogens is 272 g/mol. The van der Waals surface area contributed by atoms with E-state index in [0.29, 0.717) is 5.56 Å². The number of nitrogens with one attached hydrogen (secondary N) is 1. The SMILES string of the molecule is C=C/C=c1/[nH]cc(C(C[N+](=O)[O-])C(=O)OC)/c1=C/C.CC. The number of esters is 1. The first-order valence-electron chi connectivity index (χ1n) is 6.71. The molecule has 0 spiro atoms. The predicted octanol–water partition coefficient (Wildman–Crippen LogP) is 1.34. The summed E-state index contributed by atoms with van der Waals surface area (Å²) >= 11 is 0. The van der Waals surface area contributed by atoms with Gasteiger partial charge >= 0.3 is 5.97 Å². The van der Waals surface area contributed by atoms with E-state index in [2.05, 4.69) is 16.3 Å². The zero-order valence-electron chi connectivity index (χ0n) is 12.9. The Morgan fingerprint density at radius 3 is 2.62 bits per heavy atom. The molecule has 6 heteroatoms. The predicted molar refractivity (Wildman–Crippen MR) is 82.8 cm³/mol. The van der Waals surface area contributed by atoms with E-state index in [-0.39, 0.29) is 0 Å². The van der Waals surface area contributed by atoms with Gasteiger partial charge in [0, 0.05) is 16.5 Å². The number of hydrogen-bond donors (Lipinski definition) is 1. The van der Waals surface area contributed by atoms with Crippen molar-refractivity contribution in [1.82, 2.24) is 4.98 Å². The standard InChI is InChI=1S/C13H16N2O4.C2H6/c1-4-6-12-9(5-2)10(7-14-12)11(8-15(17)18)13(16)19-3;1-2/h4-7,11,14H,1,8H2,2-3H3;1-2H3/b9-5-,12-6+;. The number of rotatable bonds is 5. The number of allylic oxidation sites excluding steroid dienone is 1. The van der Waals surface area contributed by atoms with Crippen LogP contribution in [0.15, 0.2) is 18.9 Å². The van der Waals surface area contributed by atoms with E-state index >= 15 is 0 Å². The number of H-pyrrole nitrogens is 1. The third-order valence-electron chi connectivity index (χ3n) is 2.75. The number of ether oxygens (including phenoxy) is 1. The number of hydrogen-bond acceptors (Lipinski definition) is 4. The second kappa shape index (κ2) is 9.52. The zero-order valence-corrected chi connectivity index (χ0v) is 12.9. The fourth-order valence-electron chi connectivity index (χ4n) is 1.92. The molecule has 1 rings (SSSR count). The first kappa shape index (κ1) is 18.6. The zero-order chi connectivity index (χ0) is 16.4. The minimum absolute atomic E-state index is 0.501. The van der Waals surface area contributed by atoms with Crippen molar-refractivity contribution in [3.63, 3.8) is 0 Å². The molecule has 1 unspecified atom stereocenters. The molecule has 21 heavy (non-hydrogen) atoms. The highest BCUT2D eigenvalue weighted by molar-refractivity contribution is 5.78. The van der Waals surface area contributed by atoms with E-state index in [1.807, 2.05) is 13.8 Å². The van der Waals surface area contributed by atoms with Crippen LogP contribution in [0.2, 0.25) is 0 Å². The third-order valence-corrected chi connectivity index (χ3v) is 2.75. The van der Waals surface area contributed by atoms with Crippen molar-refractivity contribution in [2.24, 2.45) is 0 Å². The van der Waals surface area contributed by atoms with Crippen LogP contribution in [0.4, 0.5) is 0 Å². The number of carbonyl (C=O) groups is 1. The summed E-state index contributed by atoms with van der Waals surface area (Å²) in [5, 5.41) is 12.2. The van der Waals surface area contributed by atoms with Gasteiger partial charge in [-0.05, 0) is 23.8 Å². The lowest BCUT2D eigenvalue weighted by Gasteiger charge is -2.08. The van der Waals surface area contributed by atoms with Crippen molar-refractivity contribution in [2.45, 2.75) is 26.7 Å². The third kappa shape index (κ3) is 4.91. The maximum absolute atomic E-state index is 11.7. The van der Waals surface area contributed by atoms with Crippen LogP contribution in [0, 0.1) is 10.1 Å². The molecule has 1 aromatic heterocycles. The molecule has 0 aliphatic rings. The molecule has 0 bridgehead atoms. The van der Waals surface area contributed by atoms with Gasteiger partial charge < -0.3 is 9.72 Å². The Morgan fingerprint density at radius 1 is 1.57 bits per heavy atom. The number of aromatic amines is 1. The van der Waals surface area contributed by atoms with Crippen molar-refractivity contribution in [1.29, 1.82) is 0 Å². The lowest BCUT2D eigenvalue weighted by Crippen LogP contribution is -2.31. The molecule has 1 N–H and O–H groups in total. The van der Waals surface area contributed by atoms with Gasteiger partial charge in [0.1, 0.15) is 5.92 Å². The first-order valence-corrected chi connectivity index (χ1v) is 6.71. The molecule has 1 atom stereocenters. The Balaban J connectivity index is 0.00000191. The van der Waals surface area contributed by atoms with Crippen molar-refractivity contribution in [2.75, 3.05) is 13.7 Å². The topological polar surface area (TPSA) is 85.2 Å². The van der Waals surface area contributed by atoms with E-state index in [0.717, 1.165) is 10.6 Å². The van der Waals surface area contributed by atoms with Crippen molar-refractivity contribution in [3.05, 3.63) is 45.1 Å². The van der Waals surface area contributed by atoms with Gasteiger partial charge in [0.15, 0.2) is 0 Å². The average molecular weight is 294 g/mol. The van der Waals surface area contributed by atoms with Crippen molar-refractivity contribution < 1.29 is 14.5 Å². The van der Waals surface area contributed by atoms with Crippen LogP contribution < -0.4 is 10.6 Å². The molecule has 0 aliphatic heterocycles. The average Bonchev–Trinajstić information content (AvgIpc) is 2.88. The maximum Gasteiger partial charge on any atom is 0.319 e. The van der Waals surface area contributed by atoms with Gasteiger partial charge in [-0.2, -0.15) is 0 Å².